The van der Waals surface area contributed by atoms with Crippen LogP contribution in [-0.4, -0.2) is 34.6 Å². The lowest BCUT2D eigenvalue weighted by molar-refractivity contribution is -0.121. The van der Waals surface area contributed by atoms with E-state index >= 15 is 0 Å². The Balaban J connectivity index is 2.48. The van der Waals surface area contributed by atoms with Crippen molar-refractivity contribution in [1.82, 2.24) is 10.6 Å². The van der Waals surface area contributed by atoms with E-state index < -0.39 is 17.9 Å². The highest BCUT2D eigenvalue weighted by atomic mass is 16.3. The topological polar surface area (TPSA) is 129 Å². The van der Waals surface area contributed by atoms with E-state index in [0.717, 1.165) is 0 Å². The van der Waals surface area contributed by atoms with Gasteiger partial charge in [-0.3, -0.25) is 21.2 Å². The molecule has 0 aromatic heterocycles. The maximum Gasteiger partial charge on any atom is 0.347 e. The number of amidine groups is 1. The van der Waals surface area contributed by atoms with E-state index in [2.05, 4.69) is 15.3 Å². The molecule has 0 aromatic carbocycles. The van der Waals surface area contributed by atoms with E-state index in [4.69, 9.17) is 10.8 Å². The minimum absolute atomic E-state index is 0.112. The van der Waals surface area contributed by atoms with Gasteiger partial charge in [0.25, 0.3) is 11.9 Å². The molecule has 0 spiro atoms. The van der Waals surface area contributed by atoms with Crippen molar-refractivity contribution < 1.29 is 14.7 Å². The zero-order valence-corrected chi connectivity index (χ0v) is 6.24. The molecule has 0 radical (unpaired) electrons. The highest BCUT2D eigenvalue weighted by Gasteiger charge is 2.38. The predicted octanol–water partition coefficient (Wildman–Crippen LogP) is -2.76. The molecule has 8 nitrogen and oxygen atoms in total. The van der Waals surface area contributed by atoms with Crippen LogP contribution in [0.4, 0.5) is 4.79 Å². The molecule has 1 unspecified atom stereocenters. The number of urea groups is 1. The van der Waals surface area contributed by atoms with E-state index in [0.29, 0.717) is 0 Å². The number of aliphatic imine (C=N–C) groups is 2. The van der Waals surface area contributed by atoms with Gasteiger partial charge in [0.05, 0.1) is 0 Å². The molecule has 2 rings (SSSR count). The fourth-order valence-electron chi connectivity index (χ4n) is 1.01. The number of amides is 3. The third-order valence-corrected chi connectivity index (χ3v) is 1.46. The van der Waals surface area contributed by atoms with Crippen molar-refractivity contribution in [1.29, 1.82) is 0 Å². The van der Waals surface area contributed by atoms with E-state index in [1.54, 1.807) is 0 Å². The van der Waals surface area contributed by atoms with Crippen molar-refractivity contribution in [3.8, 4) is 0 Å². The fraction of sp³-hybridized carbons (Fsp3) is 0.200. The monoisotopic (exact) mass is 183 g/mol. The number of nitrogens with one attached hydrogen (secondary N) is 2. The lowest BCUT2D eigenvalue weighted by Gasteiger charge is -2.23. The van der Waals surface area contributed by atoms with Crippen LogP contribution in [0, 0.1) is 0 Å². The van der Waals surface area contributed by atoms with E-state index in [9.17, 15) is 9.59 Å². The third-order valence-electron chi connectivity index (χ3n) is 1.46. The van der Waals surface area contributed by atoms with Crippen LogP contribution in [0.15, 0.2) is 9.98 Å². The lowest BCUT2D eigenvalue weighted by atomic mass is 10.3. The zero-order chi connectivity index (χ0) is 9.64. The van der Waals surface area contributed by atoms with Crippen molar-refractivity contribution >= 4 is 23.5 Å². The van der Waals surface area contributed by atoms with E-state index in [-0.39, 0.29) is 11.5 Å². The Morgan fingerprint density at radius 1 is 1.46 bits per heavy atom. The minimum atomic E-state index is -2.18. The quantitative estimate of drug-likeness (QED) is 0.303. The number of nitrogens with two attached hydrogens (primary N) is 1. The first kappa shape index (κ1) is 7.83. The second-order valence-corrected chi connectivity index (χ2v) is 2.53. The average Bonchev–Trinajstić information content (AvgIpc) is 2.27. The second kappa shape index (κ2) is 2.12. The number of nitrogens with zero attached hydrogens (tertiary/aromatic N) is 2. The number of aliphatic hydroxyl groups is 1. The number of carbonyl (C=O) groups excluding carboxylic acids is 2. The maximum absolute atomic E-state index is 11.1. The highest BCUT2D eigenvalue weighted by Crippen LogP contribution is 2.05. The molecule has 68 valence electrons. The summed E-state index contributed by atoms with van der Waals surface area (Å²) in [5, 5.41) is 13.2. The second-order valence-electron chi connectivity index (χ2n) is 2.53. The van der Waals surface area contributed by atoms with Crippen molar-refractivity contribution in [3.05, 3.63) is 0 Å². The van der Waals surface area contributed by atoms with Gasteiger partial charge >= 0.3 is 6.03 Å². The Labute approximate surface area is 71.5 Å². The van der Waals surface area contributed by atoms with Gasteiger partial charge < -0.3 is 5.11 Å². The molecule has 0 aliphatic carbocycles. The molecular weight excluding hydrogens is 178 g/mol. The third kappa shape index (κ3) is 1.17. The van der Waals surface area contributed by atoms with E-state index in [1.807, 2.05) is 5.32 Å². The normalized spacial score (nSPS) is 31.5. The molecular formula is C5H5N5O3. The Hall–Kier alpha value is -1.80. The van der Waals surface area contributed by atoms with Gasteiger partial charge in [0.2, 0.25) is 0 Å². The smallest absolute Gasteiger partial charge is 0.340 e. The summed E-state index contributed by atoms with van der Waals surface area (Å²) < 4.78 is 0. The molecule has 2 aliphatic rings. The molecule has 1 atom stereocenters. The predicted molar refractivity (Wildman–Crippen MR) is 40.7 cm³/mol. The SMILES string of the molecule is NC1(O)N=C2NC(=O)N=C2C(=O)N1. The summed E-state index contributed by atoms with van der Waals surface area (Å²) in [5.74, 6) is -3.03. The van der Waals surface area contributed by atoms with Gasteiger partial charge in [0.15, 0.2) is 11.5 Å². The Bertz CT molecular complexity index is 368. The average molecular weight is 183 g/mol. The van der Waals surface area contributed by atoms with E-state index in [1.165, 1.54) is 0 Å². The molecule has 5 N–H and O–H groups in total. The van der Waals surface area contributed by atoms with Crippen LogP contribution >= 0.6 is 0 Å². The summed E-state index contributed by atoms with van der Waals surface area (Å²) in [5.41, 5.74) is 4.93. The van der Waals surface area contributed by atoms with Gasteiger partial charge in [0.1, 0.15) is 0 Å². The van der Waals surface area contributed by atoms with Gasteiger partial charge in [-0.1, -0.05) is 0 Å². The van der Waals surface area contributed by atoms with Crippen LogP contribution in [0.3, 0.4) is 0 Å². The van der Waals surface area contributed by atoms with Gasteiger partial charge in [-0.15, -0.1) is 0 Å². The largest absolute Gasteiger partial charge is 0.347 e. The highest BCUT2D eigenvalue weighted by molar-refractivity contribution is 6.70. The molecule has 0 bridgehead atoms. The number of hydrogen-bond acceptors (Lipinski definition) is 5. The molecule has 0 fully saturated rings. The summed E-state index contributed by atoms with van der Waals surface area (Å²) in [6, 6.07) is -0.707. The standard InChI is InChI=1S/C5H5N5O3/c6-5(13)9-2-1(3(11)10-5)7-4(12)8-2/h13H,6H2,(H,10,11)(H,8,9,12). The zero-order valence-electron chi connectivity index (χ0n) is 6.24. The molecule has 13 heavy (non-hydrogen) atoms. The molecule has 3 amide bonds. The van der Waals surface area contributed by atoms with Gasteiger partial charge in [-0.05, 0) is 0 Å². The maximum atomic E-state index is 11.1. The van der Waals surface area contributed by atoms with Crippen molar-refractivity contribution in [2.45, 2.75) is 5.97 Å². The van der Waals surface area contributed by atoms with Crippen LogP contribution in [-0.2, 0) is 4.79 Å². The van der Waals surface area contributed by atoms with Crippen molar-refractivity contribution in [2.24, 2.45) is 15.7 Å². The molecule has 2 heterocycles. The van der Waals surface area contributed by atoms with Crippen LogP contribution in [0.1, 0.15) is 0 Å². The molecule has 2 aliphatic heterocycles. The van der Waals surface area contributed by atoms with Crippen LogP contribution < -0.4 is 16.4 Å². The van der Waals surface area contributed by atoms with Crippen molar-refractivity contribution in [2.75, 3.05) is 0 Å². The summed E-state index contributed by atoms with van der Waals surface area (Å²) in [4.78, 5) is 28.5. The number of rotatable bonds is 0. The van der Waals surface area contributed by atoms with Gasteiger partial charge in [-0.25, -0.2) is 4.79 Å². The van der Waals surface area contributed by atoms with Crippen LogP contribution in [0.5, 0.6) is 0 Å². The number of carbonyl (C=O) groups is 2. The Morgan fingerprint density at radius 3 is 2.85 bits per heavy atom. The molecule has 0 saturated carbocycles. The number of fused-ring (bicyclic) bond motifs is 1. The van der Waals surface area contributed by atoms with Crippen molar-refractivity contribution in [3.63, 3.8) is 0 Å². The molecule has 0 saturated heterocycles. The summed E-state index contributed by atoms with van der Waals surface area (Å²) >= 11 is 0. The van der Waals surface area contributed by atoms with Gasteiger partial charge in [0, 0.05) is 0 Å². The first-order valence-corrected chi connectivity index (χ1v) is 3.31. The Kier molecular flexibility index (Phi) is 1.27. The Morgan fingerprint density at radius 2 is 2.15 bits per heavy atom. The summed E-state index contributed by atoms with van der Waals surface area (Å²) in [7, 11) is 0. The lowest BCUT2D eigenvalue weighted by Crippen LogP contribution is -2.61. The minimum Gasteiger partial charge on any atom is -0.340 e. The number of hydrogen-bond donors (Lipinski definition) is 4. The van der Waals surface area contributed by atoms with Gasteiger partial charge in [-0.2, -0.15) is 9.98 Å². The first-order valence-electron chi connectivity index (χ1n) is 3.31. The fourth-order valence-corrected chi connectivity index (χ4v) is 1.01. The molecule has 0 aromatic rings. The van der Waals surface area contributed by atoms with Crippen LogP contribution in [0.25, 0.3) is 0 Å². The summed E-state index contributed by atoms with van der Waals surface area (Å²) in [6.07, 6.45) is 0. The molecule has 8 heteroatoms. The summed E-state index contributed by atoms with van der Waals surface area (Å²) in [6.45, 7) is 0. The van der Waals surface area contributed by atoms with Crippen LogP contribution in [0.2, 0.25) is 0 Å². The first-order chi connectivity index (χ1) is 5.98.